The van der Waals surface area contributed by atoms with Gasteiger partial charge in [0, 0.05) is 69.6 Å². The van der Waals surface area contributed by atoms with E-state index in [4.69, 9.17) is 17.0 Å². The zero-order chi connectivity index (χ0) is 24.5. The Labute approximate surface area is 212 Å². The van der Waals surface area contributed by atoms with Gasteiger partial charge < -0.3 is 25.2 Å². The summed E-state index contributed by atoms with van der Waals surface area (Å²) < 4.78 is 5.55. The van der Waals surface area contributed by atoms with Gasteiger partial charge in [-0.1, -0.05) is 13.8 Å². The Morgan fingerprint density at radius 2 is 1.97 bits per heavy atom. The molecule has 1 amide bonds. The summed E-state index contributed by atoms with van der Waals surface area (Å²) in [5.41, 5.74) is 2.67. The Balaban J connectivity index is 1.40. The van der Waals surface area contributed by atoms with Gasteiger partial charge in [0.1, 0.15) is 5.69 Å². The van der Waals surface area contributed by atoms with E-state index >= 15 is 0 Å². The van der Waals surface area contributed by atoms with Crippen molar-refractivity contribution >= 4 is 45.9 Å². The van der Waals surface area contributed by atoms with Gasteiger partial charge in [-0.2, -0.15) is 0 Å². The lowest BCUT2D eigenvalue weighted by molar-refractivity contribution is 0.0921. The van der Waals surface area contributed by atoms with E-state index in [-0.39, 0.29) is 5.91 Å². The van der Waals surface area contributed by atoms with Crippen LogP contribution < -0.4 is 15.5 Å². The van der Waals surface area contributed by atoms with Gasteiger partial charge >= 0.3 is 0 Å². The second kappa shape index (κ2) is 13.0. The first-order valence-electron chi connectivity index (χ1n) is 12.0. The molecule has 0 radical (unpaired) electrons. The van der Waals surface area contributed by atoms with E-state index in [1.807, 2.05) is 19.5 Å². The van der Waals surface area contributed by atoms with Crippen molar-refractivity contribution in [1.29, 1.82) is 0 Å². The summed E-state index contributed by atoms with van der Waals surface area (Å²) in [5, 5.41) is 9.97. The Hall–Kier alpha value is -2.23. The maximum atomic E-state index is 12.4. The maximum Gasteiger partial charge on any atom is 0.270 e. The van der Waals surface area contributed by atoms with Gasteiger partial charge in [-0.3, -0.25) is 4.79 Å². The molecule has 0 bridgehead atoms. The molecule has 1 aliphatic heterocycles. The van der Waals surface area contributed by atoms with E-state index in [0.717, 1.165) is 60.5 Å². The van der Waals surface area contributed by atoms with Crippen LogP contribution in [0.5, 0.6) is 0 Å². The summed E-state index contributed by atoms with van der Waals surface area (Å²) in [5.74, 6) is 0.797. The number of hydrogen-bond donors (Lipinski definition) is 2. The highest BCUT2D eigenvalue weighted by Gasteiger charge is 2.25. The van der Waals surface area contributed by atoms with E-state index in [1.54, 1.807) is 11.3 Å². The first kappa shape index (κ1) is 26.4. The predicted molar refractivity (Wildman–Crippen MR) is 145 cm³/mol. The molecule has 186 valence electrons. The SMILES string of the molecule is CC(C)COCCCNC(=O)c1csc(C2CCN(C(=S)Nc3ccc(N(C)C)cc3)CC2)n1. The van der Waals surface area contributed by atoms with Crippen molar-refractivity contribution < 1.29 is 9.53 Å². The second-order valence-corrected chi connectivity index (χ2v) is 10.6. The zero-order valence-electron chi connectivity index (χ0n) is 20.7. The van der Waals surface area contributed by atoms with Gasteiger partial charge in [-0.05, 0) is 61.7 Å². The Kier molecular flexibility index (Phi) is 10.1. The lowest BCUT2D eigenvalue weighted by Gasteiger charge is -2.33. The van der Waals surface area contributed by atoms with E-state index in [1.165, 1.54) is 0 Å². The molecule has 0 atom stereocenters. The molecule has 3 rings (SSSR count). The molecule has 34 heavy (non-hydrogen) atoms. The van der Waals surface area contributed by atoms with Crippen molar-refractivity contribution in [3.8, 4) is 0 Å². The lowest BCUT2D eigenvalue weighted by atomic mass is 9.98. The summed E-state index contributed by atoms with van der Waals surface area (Å²) in [6, 6.07) is 8.26. The van der Waals surface area contributed by atoms with Crippen LogP contribution in [0.25, 0.3) is 0 Å². The number of likely N-dealkylation sites (tertiary alicyclic amines) is 1. The quantitative estimate of drug-likeness (QED) is 0.363. The van der Waals surface area contributed by atoms with Crippen molar-refractivity contribution in [2.75, 3.05) is 57.2 Å². The second-order valence-electron chi connectivity index (χ2n) is 9.28. The molecule has 1 fully saturated rings. The zero-order valence-corrected chi connectivity index (χ0v) is 22.3. The minimum Gasteiger partial charge on any atom is -0.381 e. The van der Waals surface area contributed by atoms with Crippen LogP contribution >= 0.6 is 23.6 Å². The molecule has 0 saturated carbocycles. The first-order valence-corrected chi connectivity index (χ1v) is 13.3. The van der Waals surface area contributed by atoms with Crippen LogP contribution in [0.4, 0.5) is 11.4 Å². The fourth-order valence-corrected chi connectivity index (χ4v) is 5.01. The summed E-state index contributed by atoms with van der Waals surface area (Å²) in [6.07, 6.45) is 2.76. The Morgan fingerprint density at radius 3 is 2.62 bits per heavy atom. The average molecular weight is 504 g/mol. The number of aromatic nitrogens is 1. The van der Waals surface area contributed by atoms with Gasteiger partial charge in [-0.15, -0.1) is 11.3 Å². The summed E-state index contributed by atoms with van der Waals surface area (Å²) >= 11 is 7.23. The third-order valence-electron chi connectivity index (χ3n) is 5.72. The van der Waals surface area contributed by atoms with E-state index < -0.39 is 0 Å². The Morgan fingerprint density at radius 1 is 1.26 bits per heavy atom. The molecule has 2 N–H and O–H groups in total. The van der Waals surface area contributed by atoms with Crippen LogP contribution in [0.2, 0.25) is 0 Å². The number of carbonyl (C=O) groups excluding carboxylic acids is 1. The maximum absolute atomic E-state index is 12.4. The summed E-state index contributed by atoms with van der Waals surface area (Å²) in [6.45, 7) is 8.03. The van der Waals surface area contributed by atoms with Gasteiger partial charge in [-0.25, -0.2) is 4.98 Å². The van der Waals surface area contributed by atoms with Crippen LogP contribution in [0.1, 0.15) is 54.5 Å². The summed E-state index contributed by atoms with van der Waals surface area (Å²) in [7, 11) is 4.06. The molecule has 1 saturated heterocycles. The van der Waals surface area contributed by atoms with Crippen molar-refractivity contribution in [2.45, 2.75) is 39.0 Å². The molecule has 1 aromatic heterocycles. The molecule has 0 unspecified atom stereocenters. The van der Waals surface area contributed by atoms with Gasteiger partial charge in [0.25, 0.3) is 5.91 Å². The van der Waals surface area contributed by atoms with Gasteiger partial charge in [0.2, 0.25) is 0 Å². The highest BCUT2D eigenvalue weighted by Crippen LogP contribution is 2.30. The normalized spacial score (nSPS) is 14.3. The number of rotatable bonds is 10. The van der Waals surface area contributed by atoms with E-state index in [2.05, 4.69) is 63.5 Å². The monoisotopic (exact) mass is 503 g/mol. The van der Waals surface area contributed by atoms with Crippen LogP contribution in [-0.4, -0.2) is 67.8 Å². The lowest BCUT2D eigenvalue weighted by Crippen LogP contribution is -2.40. The number of carbonyl (C=O) groups is 1. The van der Waals surface area contributed by atoms with E-state index in [0.29, 0.717) is 30.7 Å². The summed E-state index contributed by atoms with van der Waals surface area (Å²) in [4.78, 5) is 21.3. The number of nitrogens with zero attached hydrogens (tertiary/aromatic N) is 3. The molecular formula is C25H37N5O2S2. The first-order chi connectivity index (χ1) is 16.3. The fourth-order valence-electron chi connectivity index (χ4n) is 3.74. The van der Waals surface area contributed by atoms with Crippen LogP contribution in [0.3, 0.4) is 0 Å². The van der Waals surface area contributed by atoms with Gasteiger partial charge in [0.15, 0.2) is 5.11 Å². The van der Waals surface area contributed by atoms with Crippen LogP contribution in [0.15, 0.2) is 29.6 Å². The minimum atomic E-state index is -0.102. The largest absolute Gasteiger partial charge is 0.381 e. The highest BCUT2D eigenvalue weighted by atomic mass is 32.1. The number of thiazole rings is 1. The predicted octanol–water partition coefficient (Wildman–Crippen LogP) is 4.58. The van der Waals surface area contributed by atoms with Gasteiger partial charge in [0.05, 0.1) is 5.01 Å². The van der Waals surface area contributed by atoms with Crippen molar-refractivity contribution in [3.05, 3.63) is 40.3 Å². The topological polar surface area (TPSA) is 69.7 Å². The van der Waals surface area contributed by atoms with Crippen molar-refractivity contribution in [3.63, 3.8) is 0 Å². The fraction of sp³-hybridized carbons (Fsp3) is 0.560. The number of ether oxygens (including phenoxy) is 1. The molecule has 1 aliphatic rings. The molecular weight excluding hydrogens is 466 g/mol. The standard InChI is InChI=1S/C25H37N5O2S2/c1-18(2)16-32-15-5-12-26-23(31)22-17-34-24(28-22)19-10-13-30(14-11-19)25(33)27-20-6-8-21(9-7-20)29(3)4/h6-9,17-19H,5,10-16H2,1-4H3,(H,26,31)(H,27,33). The van der Waals surface area contributed by atoms with Crippen molar-refractivity contribution in [2.24, 2.45) is 5.92 Å². The van der Waals surface area contributed by atoms with E-state index in [9.17, 15) is 4.79 Å². The smallest absolute Gasteiger partial charge is 0.270 e. The number of benzene rings is 1. The number of piperidine rings is 1. The minimum absolute atomic E-state index is 0.102. The molecule has 1 aromatic carbocycles. The molecule has 0 spiro atoms. The number of hydrogen-bond acceptors (Lipinski definition) is 6. The molecule has 9 heteroatoms. The molecule has 7 nitrogen and oxygen atoms in total. The number of anilines is 2. The average Bonchev–Trinajstić information content (AvgIpc) is 3.32. The molecule has 0 aliphatic carbocycles. The molecule has 2 heterocycles. The number of thiocarbonyl (C=S) groups is 1. The van der Waals surface area contributed by atoms with Crippen LogP contribution in [-0.2, 0) is 4.74 Å². The third-order valence-corrected chi connectivity index (χ3v) is 7.09. The van der Waals surface area contributed by atoms with Crippen molar-refractivity contribution in [1.82, 2.24) is 15.2 Å². The molecule has 2 aromatic rings. The highest BCUT2D eigenvalue weighted by molar-refractivity contribution is 7.80. The third kappa shape index (κ3) is 7.92. The Bertz CT molecular complexity index is 922. The number of amides is 1. The van der Waals surface area contributed by atoms with Crippen LogP contribution in [0, 0.1) is 5.92 Å². The number of nitrogens with one attached hydrogen (secondary N) is 2.